The van der Waals surface area contributed by atoms with Crippen LogP contribution in [0.4, 0.5) is 5.69 Å². The number of nitrogens with zero attached hydrogens (tertiary/aromatic N) is 2. The second-order valence-corrected chi connectivity index (χ2v) is 6.07. The van der Waals surface area contributed by atoms with Gasteiger partial charge in [0, 0.05) is 17.1 Å². The summed E-state index contributed by atoms with van der Waals surface area (Å²) in [6, 6.07) is 11.2. The largest absolute Gasteiger partial charge is 0.440 e. The fourth-order valence-electron chi connectivity index (χ4n) is 2.30. The summed E-state index contributed by atoms with van der Waals surface area (Å²) in [5.74, 6) is 0.723. The first-order valence-corrected chi connectivity index (χ1v) is 8.44. The van der Waals surface area contributed by atoms with Crippen LogP contribution in [0.25, 0.3) is 11.5 Å². The van der Waals surface area contributed by atoms with Gasteiger partial charge in [0.15, 0.2) is 5.69 Å². The van der Waals surface area contributed by atoms with Gasteiger partial charge in [-0.15, -0.1) is 0 Å². The second-order valence-electron chi connectivity index (χ2n) is 5.22. The van der Waals surface area contributed by atoms with Crippen molar-refractivity contribution >= 4 is 27.5 Å². The van der Waals surface area contributed by atoms with Crippen LogP contribution < -0.4 is 5.32 Å². The highest BCUT2D eigenvalue weighted by atomic mass is 79.9. The number of amides is 1. The lowest BCUT2D eigenvalue weighted by atomic mass is 10.2. The smallest absolute Gasteiger partial charge is 0.277 e. The molecule has 0 bridgehead atoms. The minimum absolute atomic E-state index is 0.298. The summed E-state index contributed by atoms with van der Waals surface area (Å²) < 4.78 is 6.73. The van der Waals surface area contributed by atoms with E-state index in [1.54, 1.807) is 24.5 Å². The average Bonchev–Trinajstić information content (AvgIpc) is 3.00. The molecule has 5 nitrogen and oxygen atoms in total. The van der Waals surface area contributed by atoms with Crippen molar-refractivity contribution in [3.8, 4) is 11.5 Å². The van der Waals surface area contributed by atoms with Crippen molar-refractivity contribution in [3.63, 3.8) is 0 Å². The van der Waals surface area contributed by atoms with Crippen LogP contribution >= 0.6 is 15.9 Å². The number of oxazole rings is 1. The van der Waals surface area contributed by atoms with Gasteiger partial charge in [-0.2, -0.15) is 0 Å². The van der Waals surface area contributed by atoms with Crippen LogP contribution in [0, 0.1) is 0 Å². The first kappa shape index (κ1) is 16.4. The Hall–Kier alpha value is -2.47. The zero-order chi connectivity index (χ0) is 16.9. The Morgan fingerprint density at radius 1 is 1.25 bits per heavy atom. The lowest BCUT2D eigenvalue weighted by molar-refractivity contribution is 0.102. The summed E-state index contributed by atoms with van der Waals surface area (Å²) in [7, 11) is 0. The number of halogens is 1. The SMILES string of the molecule is CCCc1oc(-c2ccccc2Br)nc1C(=O)Nc1cccnc1. The van der Waals surface area contributed by atoms with Gasteiger partial charge in [0.25, 0.3) is 5.91 Å². The third-order valence-electron chi connectivity index (χ3n) is 3.41. The van der Waals surface area contributed by atoms with Gasteiger partial charge >= 0.3 is 0 Å². The van der Waals surface area contributed by atoms with E-state index < -0.39 is 0 Å². The molecule has 122 valence electrons. The van der Waals surface area contributed by atoms with Crippen LogP contribution in [0.2, 0.25) is 0 Å². The van der Waals surface area contributed by atoms with E-state index in [9.17, 15) is 4.79 Å². The third-order valence-corrected chi connectivity index (χ3v) is 4.10. The molecule has 0 spiro atoms. The minimum Gasteiger partial charge on any atom is -0.440 e. The highest BCUT2D eigenvalue weighted by molar-refractivity contribution is 9.10. The number of aromatic nitrogens is 2. The molecule has 0 aliphatic carbocycles. The molecule has 1 amide bonds. The normalized spacial score (nSPS) is 10.6. The second kappa shape index (κ2) is 7.40. The molecule has 3 aromatic rings. The number of pyridine rings is 1. The molecule has 0 saturated carbocycles. The van der Waals surface area contributed by atoms with Crippen molar-refractivity contribution in [2.24, 2.45) is 0 Å². The summed E-state index contributed by atoms with van der Waals surface area (Å²) in [6.07, 6.45) is 4.75. The molecule has 1 N–H and O–H groups in total. The van der Waals surface area contributed by atoms with Crippen LogP contribution in [0.15, 0.2) is 57.7 Å². The van der Waals surface area contributed by atoms with Gasteiger partial charge in [0.2, 0.25) is 5.89 Å². The molecular weight excluding hydrogens is 370 g/mol. The van der Waals surface area contributed by atoms with Gasteiger partial charge in [0.1, 0.15) is 5.76 Å². The van der Waals surface area contributed by atoms with Gasteiger partial charge < -0.3 is 9.73 Å². The monoisotopic (exact) mass is 385 g/mol. The first-order chi connectivity index (χ1) is 11.7. The molecule has 0 fully saturated rings. The van der Waals surface area contributed by atoms with Crippen molar-refractivity contribution in [3.05, 3.63) is 64.7 Å². The highest BCUT2D eigenvalue weighted by Gasteiger charge is 2.21. The van der Waals surface area contributed by atoms with E-state index in [0.29, 0.717) is 29.5 Å². The van der Waals surface area contributed by atoms with Crippen molar-refractivity contribution in [1.29, 1.82) is 0 Å². The number of carbonyl (C=O) groups is 1. The Morgan fingerprint density at radius 3 is 2.79 bits per heavy atom. The molecule has 0 aliphatic rings. The maximum atomic E-state index is 12.6. The summed E-state index contributed by atoms with van der Waals surface area (Å²) in [5.41, 5.74) is 1.75. The molecular formula is C18H16BrN3O2. The highest BCUT2D eigenvalue weighted by Crippen LogP contribution is 2.29. The van der Waals surface area contributed by atoms with E-state index in [1.807, 2.05) is 31.2 Å². The topological polar surface area (TPSA) is 68.0 Å². The van der Waals surface area contributed by atoms with E-state index in [0.717, 1.165) is 16.5 Å². The van der Waals surface area contributed by atoms with E-state index in [4.69, 9.17) is 4.42 Å². The quantitative estimate of drug-likeness (QED) is 0.690. The van der Waals surface area contributed by atoms with Crippen molar-refractivity contribution in [2.45, 2.75) is 19.8 Å². The Labute approximate surface area is 148 Å². The number of rotatable bonds is 5. The lowest BCUT2D eigenvalue weighted by Crippen LogP contribution is -2.14. The zero-order valence-corrected chi connectivity index (χ0v) is 14.7. The molecule has 2 aromatic heterocycles. The minimum atomic E-state index is -0.298. The third kappa shape index (κ3) is 3.54. The molecule has 3 rings (SSSR count). The maximum Gasteiger partial charge on any atom is 0.277 e. The van der Waals surface area contributed by atoms with Gasteiger partial charge in [0.05, 0.1) is 17.4 Å². The molecule has 0 saturated heterocycles. The van der Waals surface area contributed by atoms with Crippen LogP contribution in [0.1, 0.15) is 29.6 Å². The summed E-state index contributed by atoms with van der Waals surface area (Å²) in [6.45, 7) is 2.03. The van der Waals surface area contributed by atoms with Gasteiger partial charge in [-0.1, -0.05) is 19.1 Å². The Bertz CT molecular complexity index is 846. The van der Waals surface area contributed by atoms with Crippen LogP contribution in [-0.2, 0) is 6.42 Å². The average molecular weight is 386 g/mol. The van der Waals surface area contributed by atoms with Crippen LogP contribution in [-0.4, -0.2) is 15.9 Å². The molecule has 0 atom stereocenters. The Morgan fingerprint density at radius 2 is 2.08 bits per heavy atom. The lowest BCUT2D eigenvalue weighted by Gasteiger charge is -2.02. The summed E-state index contributed by atoms with van der Waals surface area (Å²) >= 11 is 3.49. The number of benzene rings is 1. The van der Waals surface area contributed by atoms with E-state index in [1.165, 1.54) is 0 Å². The van der Waals surface area contributed by atoms with Crippen LogP contribution in [0.3, 0.4) is 0 Å². The number of anilines is 1. The fraction of sp³-hybridized carbons (Fsp3) is 0.167. The van der Waals surface area contributed by atoms with E-state index in [-0.39, 0.29) is 5.91 Å². The van der Waals surface area contributed by atoms with Gasteiger partial charge in [-0.25, -0.2) is 4.98 Å². The predicted octanol–water partition coefficient (Wildman–Crippen LogP) is 4.70. The molecule has 6 heteroatoms. The molecule has 0 radical (unpaired) electrons. The number of aryl methyl sites for hydroxylation is 1. The maximum absolute atomic E-state index is 12.6. The number of hydrogen-bond donors (Lipinski definition) is 1. The first-order valence-electron chi connectivity index (χ1n) is 7.65. The molecule has 2 heterocycles. The summed E-state index contributed by atoms with van der Waals surface area (Å²) in [5, 5.41) is 2.80. The summed E-state index contributed by atoms with van der Waals surface area (Å²) in [4.78, 5) is 21.0. The molecule has 24 heavy (non-hydrogen) atoms. The Balaban J connectivity index is 1.95. The van der Waals surface area contributed by atoms with Crippen LogP contribution in [0.5, 0.6) is 0 Å². The van der Waals surface area contributed by atoms with Crippen molar-refractivity contribution in [2.75, 3.05) is 5.32 Å². The predicted molar refractivity (Wildman–Crippen MR) is 95.8 cm³/mol. The van der Waals surface area contributed by atoms with E-state index in [2.05, 4.69) is 31.2 Å². The Kier molecular flexibility index (Phi) is 5.05. The van der Waals surface area contributed by atoms with E-state index >= 15 is 0 Å². The van der Waals surface area contributed by atoms with Gasteiger partial charge in [-0.05, 0) is 46.6 Å². The number of carbonyl (C=O) groups excluding carboxylic acids is 1. The zero-order valence-electron chi connectivity index (χ0n) is 13.1. The number of nitrogens with one attached hydrogen (secondary N) is 1. The fourth-order valence-corrected chi connectivity index (χ4v) is 2.76. The molecule has 1 aromatic carbocycles. The van der Waals surface area contributed by atoms with Gasteiger partial charge in [-0.3, -0.25) is 9.78 Å². The molecule has 0 aliphatic heterocycles. The standard InChI is InChI=1S/C18H16BrN3O2/c1-2-6-15-16(17(23)21-12-7-5-10-20-11-12)22-18(24-15)13-8-3-4-9-14(13)19/h3-5,7-11H,2,6H2,1H3,(H,21,23). The molecule has 0 unspecified atom stereocenters. The van der Waals surface area contributed by atoms with Crippen molar-refractivity contribution in [1.82, 2.24) is 9.97 Å². The number of hydrogen-bond acceptors (Lipinski definition) is 4. The van der Waals surface area contributed by atoms with Crippen molar-refractivity contribution < 1.29 is 9.21 Å².